The summed E-state index contributed by atoms with van der Waals surface area (Å²) in [6.45, 7) is 0.174. The van der Waals surface area contributed by atoms with Gasteiger partial charge >= 0.3 is 0 Å². The molecule has 0 spiro atoms. The van der Waals surface area contributed by atoms with E-state index >= 15 is 0 Å². The minimum atomic E-state index is -0.389. The number of rotatable bonds is 3. The van der Waals surface area contributed by atoms with E-state index in [0.717, 1.165) is 12.0 Å². The van der Waals surface area contributed by atoms with Crippen LogP contribution in [0.25, 0.3) is 0 Å². The second-order valence-electron chi connectivity index (χ2n) is 3.64. The lowest BCUT2D eigenvalue weighted by atomic mass is 10.1. The van der Waals surface area contributed by atoms with E-state index in [0.29, 0.717) is 11.8 Å². The average molecular weight is 193 g/mol. The van der Waals surface area contributed by atoms with Crippen LogP contribution in [-0.4, -0.2) is 16.6 Å². The monoisotopic (exact) mass is 193 g/mol. The Bertz CT molecular complexity index is 364. The third-order valence-corrected chi connectivity index (χ3v) is 2.67. The lowest BCUT2D eigenvalue weighted by Crippen LogP contribution is -1.91. The summed E-state index contributed by atoms with van der Waals surface area (Å²) < 4.78 is 0. The fraction of sp³-hybridized carbons (Fsp3) is 0.400. The molecule has 1 aliphatic rings. The van der Waals surface area contributed by atoms with Crippen molar-refractivity contribution < 1.29 is 10.0 Å². The van der Waals surface area contributed by atoms with Gasteiger partial charge in [0.1, 0.15) is 0 Å². The third-order valence-electron chi connectivity index (χ3n) is 2.67. The van der Waals surface area contributed by atoms with Gasteiger partial charge in [0.05, 0.1) is 4.92 Å². The number of benzene rings is 1. The summed E-state index contributed by atoms with van der Waals surface area (Å²) in [6.07, 6.45) is 0.942. The van der Waals surface area contributed by atoms with Crippen LogP contribution in [0.3, 0.4) is 0 Å². The first kappa shape index (κ1) is 9.15. The molecule has 1 N–H and O–H groups in total. The number of hydrogen-bond acceptors (Lipinski definition) is 3. The molecule has 1 fully saturated rings. The van der Waals surface area contributed by atoms with E-state index in [1.807, 2.05) is 6.07 Å². The Morgan fingerprint density at radius 2 is 2.36 bits per heavy atom. The molecule has 0 saturated heterocycles. The lowest BCUT2D eigenvalue weighted by molar-refractivity contribution is -0.384. The van der Waals surface area contributed by atoms with Gasteiger partial charge in [-0.2, -0.15) is 0 Å². The summed E-state index contributed by atoms with van der Waals surface area (Å²) >= 11 is 0. The molecule has 4 nitrogen and oxygen atoms in total. The molecule has 0 radical (unpaired) electrons. The van der Waals surface area contributed by atoms with Crippen LogP contribution in [-0.2, 0) is 0 Å². The molecule has 1 aliphatic carbocycles. The van der Waals surface area contributed by atoms with Gasteiger partial charge in [-0.1, -0.05) is 12.1 Å². The SMILES string of the molecule is O=[N+]([O-])c1cccc(C2CC2CO)c1. The Kier molecular flexibility index (Phi) is 2.21. The van der Waals surface area contributed by atoms with Crippen molar-refractivity contribution in [1.82, 2.24) is 0 Å². The molecule has 1 saturated carbocycles. The number of nitro benzene ring substituents is 1. The van der Waals surface area contributed by atoms with Crippen molar-refractivity contribution in [2.24, 2.45) is 5.92 Å². The fourth-order valence-corrected chi connectivity index (χ4v) is 1.73. The highest BCUT2D eigenvalue weighted by molar-refractivity contribution is 5.38. The topological polar surface area (TPSA) is 63.4 Å². The van der Waals surface area contributed by atoms with Crippen LogP contribution in [0.2, 0.25) is 0 Å². The van der Waals surface area contributed by atoms with E-state index in [4.69, 9.17) is 5.11 Å². The third kappa shape index (κ3) is 1.61. The maximum atomic E-state index is 10.5. The summed E-state index contributed by atoms with van der Waals surface area (Å²) in [6, 6.07) is 6.66. The highest BCUT2D eigenvalue weighted by Gasteiger charge is 2.37. The van der Waals surface area contributed by atoms with Crippen molar-refractivity contribution in [2.45, 2.75) is 12.3 Å². The first-order chi connectivity index (χ1) is 6.72. The second-order valence-corrected chi connectivity index (χ2v) is 3.64. The van der Waals surface area contributed by atoms with Gasteiger partial charge < -0.3 is 5.11 Å². The summed E-state index contributed by atoms with van der Waals surface area (Å²) in [4.78, 5) is 10.1. The molecule has 4 heteroatoms. The molecule has 2 atom stereocenters. The van der Waals surface area contributed by atoms with E-state index in [-0.39, 0.29) is 17.2 Å². The Hall–Kier alpha value is -1.42. The molecule has 0 amide bonds. The van der Waals surface area contributed by atoms with Crippen LogP contribution in [0.15, 0.2) is 24.3 Å². The van der Waals surface area contributed by atoms with Gasteiger partial charge in [0.25, 0.3) is 5.69 Å². The summed E-state index contributed by atoms with van der Waals surface area (Å²) in [5, 5.41) is 19.4. The zero-order valence-electron chi connectivity index (χ0n) is 7.59. The second kappa shape index (κ2) is 3.38. The molecule has 1 aromatic rings. The molecular weight excluding hydrogens is 182 g/mol. The number of aliphatic hydroxyl groups is 1. The van der Waals surface area contributed by atoms with Crippen molar-refractivity contribution in [3.8, 4) is 0 Å². The Labute approximate surface area is 81.3 Å². The molecule has 0 aliphatic heterocycles. The number of nitro groups is 1. The Morgan fingerprint density at radius 3 is 2.93 bits per heavy atom. The first-order valence-corrected chi connectivity index (χ1v) is 4.57. The zero-order valence-corrected chi connectivity index (χ0v) is 7.59. The largest absolute Gasteiger partial charge is 0.396 e. The van der Waals surface area contributed by atoms with Crippen molar-refractivity contribution in [3.05, 3.63) is 39.9 Å². The van der Waals surface area contributed by atoms with E-state index in [1.165, 1.54) is 6.07 Å². The summed E-state index contributed by atoms with van der Waals surface area (Å²) in [7, 11) is 0. The quantitative estimate of drug-likeness (QED) is 0.586. The van der Waals surface area contributed by atoms with Crippen LogP contribution < -0.4 is 0 Å². The van der Waals surface area contributed by atoms with Gasteiger partial charge in [-0.25, -0.2) is 0 Å². The number of aliphatic hydroxyl groups excluding tert-OH is 1. The maximum absolute atomic E-state index is 10.5. The van der Waals surface area contributed by atoms with Crippen LogP contribution in [0.5, 0.6) is 0 Å². The van der Waals surface area contributed by atoms with E-state index in [9.17, 15) is 10.1 Å². The highest BCUT2D eigenvalue weighted by Crippen LogP contribution is 2.47. The van der Waals surface area contributed by atoms with Gasteiger partial charge in [0.2, 0.25) is 0 Å². The standard InChI is InChI=1S/C10H11NO3/c12-6-8-5-10(8)7-2-1-3-9(4-7)11(13)14/h1-4,8,10,12H,5-6H2. The predicted molar refractivity (Wildman–Crippen MR) is 51.0 cm³/mol. The van der Waals surface area contributed by atoms with Crippen molar-refractivity contribution in [1.29, 1.82) is 0 Å². The number of nitrogens with zero attached hydrogens (tertiary/aromatic N) is 1. The Balaban J connectivity index is 2.19. The van der Waals surface area contributed by atoms with E-state index < -0.39 is 0 Å². The lowest BCUT2D eigenvalue weighted by Gasteiger charge is -1.98. The summed E-state index contributed by atoms with van der Waals surface area (Å²) in [5.41, 5.74) is 1.10. The van der Waals surface area contributed by atoms with Crippen LogP contribution in [0.1, 0.15) is 17.9 Å². The maximum Gasteiger partial charge on any atom is 0.269 e. The van der Waals surface area contributed by atoms with Gasteiger partial charge in [-0.15, -0.1) is 0 Å². The molecule has 0 heterocycles. The van der Waals surface area contributed by atoms with Crippen molar-refractivity contribution in [2.75, 3.05) is 6.61 Å². The molecule has 0 aromatic heterocycles. The smallest absolute Gasteiger partial charge is 0.269 e. The molecule has 14 heavy (non-hydrogen) atoms. The average Bonchev–Trinajstić information content (AvgIpc) is 2.97. The van der Waals surface area contributed by atoms with Gasteiger partial charge in [-0.3, -0.25) is 10.1 Å². The number of hydrogen-bond donors (Lipinski definition) is 1. The minimum Gasteiger partial charge on any atom is -0.396 e. The van der Waals surface area contributed by atoms with Crippen LogP contribution >= 0.6 is 0 Å². The first-order valence-electron chi connectivity index (χ1n) is 4.57. The molecular formula is C10H11NO3. The molecule has 2 unspecified atom stereocenters. The van der Waals surface area contributed by atoms with Crippen molar-refractivity contribution >= 4 is 5.69 Å². The van der Waals surface area contributed by atoms with Gasteiger partial charge in [-0.05, 0) is 23.8 Å². The minimum absolute atomic E-state index is 0.131. The van der Waals surface area contributed by atoms with E-state index in [2.05, 4.69) is 0 Å². The Morgan fingerprint density at radius 1 is 1.57 bits per heavy atom. The summed E-state index contributed by atoms with van der Waals surface area (Å²) in [5.74, 6) is 0.622. The van der Waals surface area contributed by atoms with Gasteiger partial charge in [0, 0.05) is 18.7 Å². The zero-order chi connectivity index (χ0) is 10.1. The van der Waals surface area contributed by atoms with Crippen LogP contribution in [0, 0.1) is 16.0 Å². The fourth-order valence-electron chi connectivity index (χ4n) is 1.73. The predicted octanol–water partition coefficient (Wildman–Crippen LogP) is 1.69. The van der Waals surface area contributed by atoms with E-state index in [1.54, 1.807) is 12.1 Å². The van der Waals surface area contributed by atoms with Crippen LogP contribution in [0.4, 0.5) is 5.69 Å². The molecule has 1 aromatic carbocycles. The normalized spacial score (nSPS) is 24.6. The van der Waals surface area contributed by atoms with Crippen molar-refractivity contribution in [3.63, 3.8) is 0 Å². The van der Waals surface area contributed by atoms with Gasteiger partial charge in [0.15, 0.2) is 0 Å². The molecule has 74 valence electrons. The molecule has 2 rings (SSSR count). The molecule has 0 bridgehead atoms. The number of non-ortho nitro benzene ring substituents is 1. The highest BCUT2D eigenvalue weighted by atomic mass is 16.6.